The highest BCUT2D eigenvalue weighted by molar-refractivity contribution is 5.70. The van der Waals surface area contributed by atoms with Gasteiger partial charge in [-0.2, -0.15) is 0 Å². The summed E-state index contributed by atoms with van der Waals surface area (Å²) in [5, 5.41) is 8.90. The van der Waals surface area contributed by atoms with Crippen LogP contribution in [-0.4, -0.2) is 35.1 Å². The Morgan fingerprint density at radius 2 is 1.93 bits per heavy atom. The maximum atomic E-state index is 10.8. The summed E-state index contributed by atoms with van der Waals surface area (Å²) in [4.78, 5) is 13.2. The van der Waals surface area contributed by atoms with Crippen LogP contribution in [0.15, 0.2) is 0 Å². The standard InChI is InChI=1S/C12H21NO2/c1-8(11(14)15)10-6-13(7-10)9(2)12(3)4-5-12/h8-10H,4-7H2,1-3H3,(H,14,15). The van der Waals surface area contributed by atoms with Crippen LogP contribution in [0.2, 0.25) is 0 Å². The molecule has 0 aromatic rings. The average molecular weight is 211 g/mol. The first-order chi connectivity index (χ1) is 6.94. The van der Waals surface area contributed by atoms with E-state index < -0.39 is 5.97 Å². The Hall–Kier alpha value is -0.570. The molecule has 0 bridgehead atoms. The van der Waals surface area contributed by atoms with E-state index in [-0.39, 0.29) is 5.92 Å². The van der Waals surface area contributed by atoms with E-state index in [2.05, 4.69) is 18.7 Å². The van der Waals surface area contributed by atoms with E-state index in [9.17, 15) is 4.79 Å². The summed E-state index contributed by atoms with van der Waals surface area (Å²) in [7, 11) is 0. The molecule has 0 amide bonds. The fraction of sp³-hybridized carbons (Fsp3) is 0.917. The Bertz CT molecular complexity index is 267. The van der Waals surface area contributed by atoms with Gasteiger partial charge < -0.3 is 5.11 Å². The summed E-state index contributed by atoms with van der Waals surface area (Å²) < 4.78 is 0. The van der Waals surface area contributed by atoms with Crippen molar-refractivity contribution in [3.63, 3.8) is 0 Å². The van der Waals surface area contributed by atoms with Crippen LogP contribution in [0.3, 0.4) is 0 Å². The number of nitrogens with zero attached hydrogens (tertiary/aromatic N) is 1. The highest BCUT2D eigenvalue weighted by Crippen LogP contribution is 2.51. The molecule has 0 spiro atoms. The molecule has 2 rings (SSSR count). The number of likely N-dealkylation sites (tertiary alicyclic amines) is 1. The van der Waals surface area contributed by atoms with Crippen LogP contribution in [0, 0.1) is 17.3 Å². The molecular formula is C12H21NO2. The van der Waals surface area contributed by atoms with Gasteiger partial charge in [0, 0.05) is 19.1 Å². The van der Waals surface area contributed by atoms with E-state index >= 15 is 0 Å². The Kier molecular flexibility index (Phi) is 2.53. The molecular weight excluding hydrogens is 190 g/mol. The van der Waals surface area contributed by atoms with Crippen molar-refractivity contribution in [1.29, 1.82) is 0 Å². The molecule has 1 aliphatic carbocycles. The molecule has 2 atom stereocenters. The third-order valence-corrected chi connectivity index (χ3v) is 4.63. The zero-order valence-corrected chi connectivity index (χ0v) is 9.86. The van der Waals surface area contributed by atoms with Crippen LogP contribution in [0.5, 0.6) is 0 Å². The minimum atomic E-state index is -0.648. The van der Waals surface area contributed by atoms with Gasteiger partial charge in [0.25, 0.3) is 0 Å². The molecule has 2 aliphatic rings. The van der Waals surface area contributed by atoms with Gasteiger partial charge in [-0.25, -0.2) is 0 Å². The number of rotatable bonds is 4. The van der Waals surface area contributed by atoms with E-state index in [1.807, 2.05) is 6.92 Å². The molecule has 0 radical (unpaired) electrons. The Morgan fingerprint density at radius 1 is 1.40 bits per heavy atom. The van der Waals surface area contributed by atoms with E-state index in [1.165, 1.54) is 12.8 Å². The van der Waals surface area contributed by atoms with Crippen LogP contribution in [0.4, 0.5) is 0 Å². The van der Waals surface area contributed by atoms with Gasteiger partial charge in [0.1, 0.15) is 0 Å². The van der Waals surface area contributed by atoms with Crippen LogP contribution in [0.25, 0.3) is 0 Å². The molecule has 2 fully saturated rings. The van der Waals surface area contributed by atoms with Crippen molar-refractivity contribution in [2.75, 3.05) is 13.1 Å². The highest BCUT2D eigenvalue weighted by atomic mass is 16.4. The number of aliphatic carboxylic acids is 1. The molecule has 15 heavy (non-hydrogen) atoms. The Balaban J connectivity index is 1.80. The molecule has 3 heteroatoms. The van der Waals surface area contributed by atoms with Gasteiger partial charge in [0.15, 0.2) is 0 Å². The molecule has 1 aliphatic heterocycles. The van der Waals surface area contributed by atoms with E-state index in [4.69, 9.17) is 5.11 Å². The fourth-order valence-corrected chi connectivity index (χ4v) is 2.44. The van der Waals surface area contributed by atoms with Crippen molar-refractivity contribution in [3.05, 3.63) is 0 Å². The minimum absolute atomic E-state index is 0.180. The third kappa shape index (κ3) is 1.89. The van der Waals surface area contributed by atoms with Gasteiger partial charge in [-0.05, 0) is 31.1 Å². The van der Waals surface area contributed by atoms with Crippen molar-refractivity contribution in [1.82, 2.24) is 4.90 Å². The Labute approximate surface area is 91.5 Å². The quantitative estimate of drug-likeness (QED) is 0.771. The predicted molar refractivity (Wildman–Crippen MR) is 58.7 cm³/mol. The summed E-state index contributed by atoms with van der Waals surface area (Å²) in [5.41, 5.74) is 0.525. The van der Waals surface area contributed by atoms with Crippen molar-refractivity contribution in [3.8, 4) is 0 Å². The van der Waals surface area contributed by atoms with Crippen LogP contribution in [-0.2, 0) is 4.79 Å². The molecule has 0 aromatic heterocycles. The Morgan fingerprint density at radius 3 is 2.33 bits per heavy atom. The minimum Gasteiger partial charge on any atom is -0.481 e. The lowest BCUT2D eigenvalue weighted by molar-refractivity contribution is -0.146. The van der Waals surface area contributed by atoms with Crippen LogP contribution in [0.1, 0.15) is 33.6 Å². The molecule has 1 heterocycles. The SMILES string of the molecule is CC(C(=O)O)C1CN(C(C)C2(C)CC2)C1. The zero-order valence-electron chi connectivity index (χ0n) is 9.86. The number of carboxylic acids is 1. The topological polar surface area (TPSA) is 40.5 Å². The maximum Gasteiger partial charge on any atom is 0.306 e. The lowest BCUT2D eigenvalue weighted by atomic mass is 9.84. The second-order valence-electron chi connectivity index (χ2n) is 5.67. The lowest BCUT2D eigenvalue weighted by Gasteiger charge is -2.47. The largest absolute Gasteiger partial charge is 0.481 e. The fourth-order valence-electron chi connectivity index (χ4n) is 2.44. The number of hydrogen-bond donors (Lipinski definition) is 1. The van der Waals surface area contributed by atoms with Crippen LogP contribution >= 0.6 is 0 Å². The first-order valence-electron chi connectivity index (χ1n) is 5.91. The van der Waals surface area contributed by atoms with E-state index in [1.54, 1.807) is 0 Å². The second kappa shape index (κ2) is 3.48. The summed E-state index contributed by atoms with van der Waals surface area (Å²) in [6, 6.07) is 0.634. The van der Waals surface area contributed by atoms with Gasteiger partial charge in [-0.3, -0.25) is 9.69 Å². The first-order valence-corrected chi connectivity index (χ1v) is 5.91. The van der Waals surface area contributed by atoms with E-state index in [0.717, 1.165) is 13.1 Å². The molecule has 1 saturated carbocycles. The lowest BCUT2D eigenvalue weighted by Crippen LogP contribution is -2.56. The molecule has 2 unspecified atom stereocenters. The van der Waals surface area contributed by atoms with E-state index in [0.29, 0.717) is 17.4 Å². The monoisotopic (exact) mass is 211 g/mol. The van der Waals surface area contributed by atoms with Gasteiger partial charge in [-0.1, -0.05) is 13.8 Å². The number of carbonyl (C=O) groups is 1. The zero-order chi connectivity index (χ0) is 11.2. The van der Waals surface area contributed by atoms with Gasteiger partial charge in [0.05, 0.1) is 5.92 Å². The third-order valence-electron chi connectivity index (χ3n) is 4.63. The average Bonchev–Trinajstić information content (AvgIpc) is 2.81. The van der Waals surface area contributed by atoms with Crippen molar-refractivity contribution >= 4 is 5.97 Å². The van der Waals surface area contributed by atoms with Gasteiger partial charge in [0.2, 0.25) is 0 Å². The second-order valence-corrected chi connectivity index (χ2v) is 5.67. The molecule has 3 nitrogen and oxygen atoms in total. The van der Waals surface area contributed by atoms with Crippen LogP contribution < -0.4 is 0 Å². The first kappa shape index (κ1) is 10.9. The normalized spacial score (nSPS) is 29.3. The smallest absolute Gasteiger partial charge is 0.306 e. The van der Waals surface area contributed by atoms with Gasteiger partial charge >= 0.3 is 5.97 Å². The van der Waals surface area contributed by atoms with Gasteiger partial charge in [-0.15, -0.1) is 0 Å². The number of carboxylic acid groups (broad SMARTS) is 1. The molecule has 0 aromatic carbocycles. The predicted octanol–water partition coefficient (Wildman–Crippen LogP) is 1.83. The van der Waals surface area contributed by atoms with Crippen molar-refractivity contribution in [2.24, 2.45) is 17.3 Å². The van der Waals surface area contributed by atoms with Crippen molar-refractivity contribution < 1.29 is 9.90 Å². The van der Waals surface area contributed by atoms with Crippen molar-refractivity contribution in [2.45, 2.75) is 39.7 Å². The summed E-state index contributed by atoms with van der Waals surface area (Å²) >= 11 is 0. The molecule has 1 N–H and O–H groups in total. The number of hydrogen-bond acceptors (Lipinski definition) is 2. The molecule has 1 saturated heterocycles. The summed E-state index contributed by atoms with van der Waals surface area (Å²) in [6.45, 7) is 8.41. The molecule has 86 valence electrons. The summed E-state index contributed by atoms with van der Waals surface area (Å²) in [5.74, 6) is -0.460. The maximum absolute atomic E-state index is 10.8. The summed E-state index contributed by atoms with van der Waals surface area (Å²) in [6.07, 6.45) is 2.67. The highest BCUT2D eigenvalue weighted by Gasteiger charge is 2.48.